The van der Waals surface area contributed by atoms with Gasteiger partial charge >= 0.3 is 5.97 Å². The van der Waals surface area contributed by atoms with Gasteiger partial charge < -0.3 is 4.74 Å². The first kappa shape index (κ1) is 18.4. The van der Waals surface area contributed by atoms with Gasteiger partial charge in [-0.25, -0.2) is 4.79 Å². The lowest BCUT2D eigenvalue weighted by Crippen LogP contribution is -2.56. The number of hydrogen-bond acceptors (Lipinski definition) is 4. The molecular formula is C15H31NO3. The summed E-state index contributed by atoms with van der Waals surface area (Å²) < 4.78 is 4.80. The molecule has 0 saturated carbocycles. The van der Waals surface area contributed by atoms with Gasteiger partial charge in [-0.2, -0.15) is 5.06 Å². The molecule has 0 aromatic carbocycles. The molecule has 0 aliphatic carbocycles. The highest BCUT2D eigenvalue weighted by atomic mass is 16.7. The monoisotopic (exact) mass is 273 g/mol. The fourth-order valence-corrected chi connectivity index (χ4v) is 1.68. The first-order valence-electron chi connectivity index (χ1n) is 6.80. The number of rotatable bonds is 4. The van der Waals surface area contributed by atoms with Gasteiger partial charge in [-0.3, -0.25) is 4.84 Å². The summed E-state index contributed by atoms with van der Waals surface area (Å²) in [5.41, 5.74) is -1.17. The molecule has 1 unspecified atom stereocenters. The number of nitrogens with zero attached hydrogens (tertiary/aromatic N) is 1. The molecule has 19 heavy (non-hydrogen) atoms. The second-order valence-electron chi connectivity index (χ2n) is 7.63. The summed E-state index contributed by atoms with van der Waals surface area (Å²) in [5, 5.41) is 1.91. The van der Waals surface area contributed by atoms with Crippen molar-refractivity contribution in [3.8, 4) is 0 Å². The van der Waals surface area contributed by atoms with E-state index in [0.29, 0.717) is 0 Å². The van der Waals surface area contributed by atoms with E-state index in [9.17, 15) is 4.79 Å². The fourth-order valence-electron chi connectivity index (χ4n) is 1.68. The Morgan fingerprint density at radius 2 is 1.42 bits per heavy atom. The van der Waals surface area contributed by atoms with E-state index in [2.05, 4.69) is 48.5 Å². The number of hydrogen-bond donors (Lipinski definition) is 0. The third kappa shape index (κ3) is 5.11. The molecule has 0 aliphatic heterocycles. The van der Waals surface area contributed by atoms with Gasteiger partial charge in [0, 0.05) is 11.6 Å². The fraction of sp³-hybridized carbons (Fsp3) is 0.933. The highest BCUT2D eigenvalue weighted by molar-refractivity contribution is 5.78. The lowest BCUT2D eigenvalue weighted by Gasteiger charge is -2.46. The van der Waals surface area contributed by atoms with E-state index < -0.39 is 5.60 Å². The Bertz CT molecular complexity index is 310. The number of carbonyl (C=O) groups is 1. The van der Waals surface area contributed by atoms with Gasteiger partial charge in [-0.1, -0.05) is 20.8 Å². The lowest BCUT2D eigenvalue weighted by atomic mass is 9.86. The van der Waals surface area contributed by atoms with Crippen LogP contribution in [0, 0.1) is 5.41 Å². The predicted molar refractivity (Wildman–Crippen MR) is 77.7 cm³/mol. The molecule has 0 aromatic heterocycles. The first-order valence-corrected chi connectivity index (χ1v) is 6.80. The van der Waals surface area contributed by atoms with Crippen LogP contribution in [0.25, 0.3) is 0 Å². The minimum atomic E-state index is -0.998. The smallest absolute Gasteiger partial charge is 0.339 e. The largest absolute Gasteiger partial charge is 0.467 e. The second kappa shape index (κ2) is 5.80. The summed E-state index contributed by atoms with van der Waals surface area (Å²) in [6.07, 6.45) is 0. The van der Waals surface area contributed by atoms with Crippen LogP contribution < -0.4 is 0 Å². The van der Waals surface area contributed by atoms with Gasteiger partial charge in [0.2, 0.25) is 0 Å². The van der Waals surface area contributed by atoms with Gasteiger partial charge in [0.15, 0.2) is 5.60 Å². The molecule has 0 aromatic rings. The Kier molecular flexibility index (Phi) is 5.61. The highest BCUT2D eigenvalue weighted by Gasteiger charge is 2.41. The van der Waals surface area contributed by atoms with Crippen LogP contribution in [0.15, 0.2) is 0 Å². The average Bonchev–Trinajstić information content (AvgIpc) is 2.20. The van der Waals surface area contributed by atoms with Crippen molar-refractivity contribution in [1.29, 1.82) is 0 Å². The third-order valence-electron chi connectivity index (χ3n) is 3.27. The van der Waals surface area contributed by atoms with Gasteiger partial charge in [0.25, 0.3) is 0 Å². The summed E-state index contributed by atoms with van der Waals surface area (Å²) in [7, 11) is 1.38. The highest BCUT2D eigenvalue weighted by Crippen LogP contribution is 2.32. The van der Waals surface area contributed by atoms with Crippen molar-refractivity contribution in [3.63, 3.8) is 0 Å². The van der Waals surface area contributed by atoms with Crippen LogP contribution in [-0.2, 0) is 14.4 Å². The van der Waals surface area contributed by atoms with E-state index in [1.165, 1.54) is 7.11 Å². The molecule has 0 amide bonds. The van der Waals surface area contributed by atoms with E-state index in [-0.39, 0.29) is 23.0 Å². The summed E-state index contributed by atoms with van der Waals surface area (Å²) in [4.78, 5) is 17.8. The molecule has 0 radical (unpaired) electrons. The molecule has 0 spiro atoms. The van der Waals surface area contributed by atoms with Gasteiger partial charge in [-0.15, -0.1) is 0 Å². The van der Waals surface area contributed by atoms with E-state index in [1.54, 1.807) is 13.8 Å². The molecule has 4 nitrogen and oxygen atoms in total. The predicted octanol–water partition coefficient (Wildman–Crippen LogP) is 3.40. The SMILES string of the molecule is COC(=O)C(C)(C)ON(C(C)C(C)(C)C)C(C)(C)C. The summed E-state index contributed by atoms with van der Waals surface area (Å²) in [6, 6.07) is 0.149. The maximum Gasteiger partial charge on any atom is 0.339 e. The zero-order valence-electron chi connectivity index (χ0n) is 14.2. The molecule has 114 valence electrons. The number of methoxy groups -OCH3 is 1. The minimum absolute atomic E-state index is 0.0412. The van der Waals surface area contributed by atoms with Crippen molar-refractivity contribution < 1.29 is 14.4 Å². The van der Waals surface area contributed by atoms with Crippen molar-refractivity contribution in [2.24, 2.45) is 5.41 Å². The Hall–Kier alpha value is -0.610. The minimum Gasteiger partial charge on any atom is -0.467 e. The molecule has 1 atom stereocenters. The van der Waals surface area contributed by atoms with Crippen LogP contribution in [0.3, 0.4) is 0 Å². The van der Waals surface area contributed by atoms with Gasteiger partial charge in [0.1, 0.15) is 0 Å². The average molecular weight is 273 g/mol. The third-order valence-corrected chi connectivity index (χ3v) is 3.27. The zero-order chi connectivity index (χ0) is 15.6. The van der Waals surface area contributed by atoms with Crippen LogP contribution in [0.1, 0.15) is 62.3 Å². The standard InChI is InChI=1S/C15H31NO3/c1-11(13(2,3)4)16(14(5,6)7)19-15(8,9)12(17)18-10/h11H,1-10H3. The van der Waals surface area contributed by atoms with Crippen molar-refractivity contribution in [2.45, 2.75) is 79.5 Å². The number of esters is 1. The number of ether oxygens (including phenoxy) is 1. The molecule has 0 saturated heterocycles. The van der Waals surface area contributed by atoms with Crippen LogP contribution in [0.4, 0.5) is 0 Å². The Morgan fingerprint density at radius 1 is 1.00 bits per heavy atom. The lowest BCUT2D eigenvalue weighted by molar-refractivity contribution is -0.299. The van der Waals surface area contributed by atoms with E-state index >= 15 is 0 Å². The van der Waals surface area contributed by atoms with Crippen LogP contribution in [-0.4, -0.2) is 35.3 Å². The van der Waals surface area contributed by atoms with E-state index in [4.69, 9.17) is 9.57 Å². The molecule has 0 fully saturated rings. The Balaban J connectivity index is 5.27. The Morgan fingerprint density at radius 3 is 1.68 bits per heavy atom. The quantitative estimate of drug-likeness (QED) is 0.581. The summed E-state index contributed by atoms with van der Waals surface area (Å²) in [6.45, 7) is 18.3. The maximum atomic E-state index is 11.8. The zero-order valence-corrected chi connectivity index (χ0v) is 14.2. The van der Waals surface area contributed by atoms with Gasteiger partial charge in [0.05, 0.1) is 7.11 Å². The van der Waals surface area contributed by atoms with Crippen LogP contribution >= 0.6 is 0 Å². The molecule has 0 heterocycles. The topological polar surface area (TPSA) is 38.8 Å². The second-order valence-corrected chi connectivity index (χ2v) is 7.63. The first-order chi connectivity index (χ1) is 8.23. The van der Waals surface area contributed by atoms with Crippen LogP contribution in [0.2, 0.25) is 0 Å². The van der Waals surface area contributed by atoms with Crippen molar-refractivity contribution >= 4 is 5.97 Å². The molecule has 0 aliphatic rings. The van der Waals surface area contributed by atoms with E-state index in [1.807, 2.05) is 5.06 Å². The maximum absolute atomic E-state index is 11.8. The number of hydroxylamine groups is 2. The van der Waals surface area contributed by atoms with Gasteiger partial charge in [-0.05, 0) is 47.0 Å². The van der Waals surface area contributed by atoms with Crippen molar-refractivity contribution in [3.05, 3.63) is 0 Å². The normalized spacial score (nSPS) is 15.5. The molecule has 0 N–H and O–H groups in total. The molecule has 0 bridgehead atoms. The van der Waals surface area contributed by atoms with Crippen molar-refractivity contribution in [1.82, 2.24) is 5.06 Å². The number of carbonyl (C=O) groups excluding carboxylic acids is 1. The molecule has 0 rings (SSSR count). The Labute approximate surface area is 118 Å². The summed E-state index contributed by atoms with van der Waals surface area (Å²) >= 11 is 0. The molecule has 4 heteroatoms. The van der Waals surface area contributed by atoms with E-state index in [0.717, 1.165) is 0 Å². The van der Waals surface area contributed by atoms with Crippen molar-refractivity contribution in [2.75, 3.05) is 7.11 Å². The summed E-state index contributed by atoms with van der Waals surface area (Å²) in [5.74, 6) is -0.372. The van der Waals surface area contributed by atoms with Crippen LogP contribution in [0.5, 0.6) is 0 Å². The molecular weight excluding hydrogens is 242 g/mol.